The Balaban J connectivity index is 2.18. The molecule has 1 heterocycles. The molecule has 1 nitrogen and oxygen atoms in total. The first-order valence-corrected chi connectivity index (χ1v) is 6.33. The monoisotopic (exact) mass is 231 g/mol. The molecule has 1 aromatic heterocycles. The van der Waals surface area contributed by atoms with E-state index in [4.69, 9.17) is 11.6 Å². The lowest BCUT2D eigenvalue weighted by Crippen LogP contribution is -2.06. The van der Waals surface area contributed by atoms with Gasteiger partial charge in [0.25, 0.3) is 0 Å². The molecule has 0 saturated heterocycles. The molecule has 0 aliphatic carbocycles. The Morgan fingerprint density at radius 1 is 1.36 bits per heavy atom. The van der Waals surface area contributed by atoms with E-state index in [1.54, 1.807) is 11.3 Å². The van der Waals surface area contributed by atoms with Gasteiger partial charge in [0, 0.05) is 4.88 Å². The standard InChI is InChI=1S/C11H18ClNS/c1-9-8-10(14-11(9)12)6-4-3-5-7-13-2/h8,13H,3-7H2,1-2H3. The van der Waals surface area contributed by atoms with E-state index < -0.39 is 0 Å². The van der Waals surface area contributed by atoms with Crippen LogP contribution in [-0.4, -0.2) is 13.6 Å². The van der Waals surface area contributed by atoms with Gasteiger partial charge >= 0.3 is 0 Å². The maximum atomic E-state index is 6.00. The molecule has 0 bridgehead atoms. The van der Waals surface area contributed by atoms with Crippen molar-refractivity contribution >= 4 is 22.9 Å². The lowest BCUT2D eigenvalue weighted by Gasteiger charge is -1.98. The molecule has 1 N–H and O–H groups in total. The normalized spacial score (nSPS) is 10.8. The predicted molar refractivity (Wildman–Crippen MR) is 65.5 cm³/mol. The van der Waals surface area contributed by atoms with E-state index in [-0.39, 0.29) is 0 Å². The molecule has 0 amide bonds. The van der Waals surface area contributed by atoms with Gasteiger partial charge in [0.1, 0.15) is 0 Å². The van der Waals surface area contributed by atoms with Crippen LogP contribution in [0.15, 0.2) is 6.07 Å². The van der Waals surface area contributed by atoms with Gasteiger partial charge in [-0.05, 0) is 51.4 Å². The summed E-state index contributed by atoms with van der Waals surface area (Å²) in [5.41, 5.74) is 1.22. The average molecular weight is 232 g/mol. The predicted octanol–water partition coefficient (Wildman–Crippen LogP) is 3.64. The Labute approximate surface area is 95.5 Å². The first-order valence-electron chi connectivity index (χ1n) is 5.13. The SMILES string of the molecule is CNCCCCCc1cc(C)c(Cl)s1. The molecule has 0 unspecified atom stereocenters. The minimum absolute atomic E-state index is 0.954. The van der Waals surface area contributed by atoms with Crippen LogP contribution in [0.25, 0.3) is 0 Å². The minimum atomic E-state index is 0.954. The van der Waals surface area contributed by atoms with Crippen LogP contribution >= 0.6 is 22.9 Å². The maximum Gasteiger partial charge on any atom is 0.0960 e. The maximum absolute atomic E-state index is 6.00. The van der Waals surface area contributed by atoms with Gasteiger partial charge in [-0.25, -0.2) is 0 Å². The van der Waals surface area contributed by atoms with Crippen LogP contribution in [0.1, 0.15) is 29.7 Å². The molecular formula is C11H18ClNS. The topological polar surface area (TPSA) is 12.0 Å². The Morgan fingerprint density at radius 2 is 2.14 bits per heavy atom. The summed E-state index contributed by atoms with van der Waals surface area (Å²) in [6.07, 6.45) is 5.03. The van der Waals surface area contributed by atoms with Crippen LogP contribution in [0.5, 0.6) is 0 Å². The average Bonchev–Trinajstić information content (AvgIpc) is 2.46. The molecule has 0 atom stereocenters. The molecule has 3 heteroatoms. The van der Waals surface area contributed by atoms with Crippen molar-refractivity contribution < 1.29 is 0 Å². The molecule has 0 radical (unpaired) electrons. The first kappa shape index (κ1) is 12.0. The Hall–Kier alpha value is -0.0500. The summed E-state index contributed by atoms with van der Waals surface area (Å²) >= 11 is 7.73. The fraction of sp³-hybridized carbons (Fsp3) is 0.636. The third-order valence-electron chi connectivity index (χ3n) is 2.26. The molecular weight excluding hydrogens is 214 g/mol. The van der Waals surface area contributed by atoms with Crippen molar-refractivity contribution in [2.24, 2.45) is 0 Å². The lowest BCUT2D eigenvalue weighted by molar-refractivity contribution is 0.644. The van der Waals surface area contributed by atoms with Crippen molar-refractivity contribution in [3.8, 4) is 0 Å². The zero-order valence-corrected chi connectivity index (χ0v) is 10.5. The van der Waals surface area contributed by atoms with Crippen molar-refractivity contribution in [3.05, 3.63) is 20.8 Å². The second-order valence-electron chi connectivity index (χ2n) is 3.58. The van der Waals surface area contributed by atoms with Gasteiger partial charge in [0.05, 0.1) is 4.34 Å². The second-order valence-corrected chi connectivity index (χ2v) is 5.32. The molecule has 0 aromatic carbocycles. The summed E-state index contributed by atoms with van der Waals surface area (Å²) in [4.78, 5) is 1.43. The summed E-state index contributed by atoms with van der Waals surface area (Å²) < 4.78 is 0.954. The summed E-state index contributed by atoms with van der Waals surface area (Å²) in [7, 11) is 2.00. The van der Waals surface area contributed by atoms with Crippen molar-refractivity contribution in [2.45, 2.75) is 32.6 Å². The van der Waals surface area contributed by atoms with Gasteiger partial charge in [-0.15, -0.1) is 11.3 Å². The van der Waals surface area contributed by atoms with E-state index in [1.165, 1.54) is 36.1 Å². The minimum Gasteiger partial charge on any atom is -0.320 e. The number of rotatable bonds is 6. The van der Waals surface area contributed by atoms with E-state index in [0.29, 0.717) is 0 Å². The third kappa shape index (κ3) is 3.99. The van der Waals surface area contributed by atoms with Crippen LogP contribution in [0, 0.1) is 6.92 Å². The molecule has 0 saturated carbocycles. The van der Waals surface area contributed by atoms with Gasteiger partial charge in [-0.3, -0.25) is 0 Å². The van der Waals surface area contributed by atoms with Crippen LogP contribution < -0.4 is 5.32 Å². The second kappa shape index (κ2) is 6.44. The molecule has 0 spiro atoms. The highest BCUT2D eigenvalue weighted by Crippen LogP contribution is 2.27. The van der Waals surface area contributed by atoms with Crippen molar-refractivity contribution in [1.29, 1.82) is 0 Å². The van der Waals surface area contributed by atoms with E-state index in [1.807, 2.05) is 7.05 Å². The zero-order valence-electron chi connectivity index (χ0n) is 8.90. The van der Waals surface area contributed by atoms with Crippen molar-refractivity contribution in [2.75, 3.05) is 13.6 Å². The number of hydrogen-bond acceptors (Lipinski definition) is 2. The fourth-order valence-corrected chi connectivity index (χ4v) is 2.71. The van der Waals surface area contributed by atoms with Crippen LogP contribution in [0.2, 0.25) is 4.34 Å². The third-order valence-corrected chi connectivity index (χ3v) is 3.87. The summed E-state index contributed by atoms with van der Waals surface area (Å²) in [6.45, 7) is 3.20. The molecule has 0 aliphatic rings. The smallest absolute Gasteiger partial charge is 0.0960 e. The van der Waals surface area contributed by atoms with E-state index in [9.17, 15) is 0 Å². The van der Waals surface area contributed by atoms with Crippen molar-refractivity contribution in [3.63, 3.8) is 0 Å². The number of thiophene rings is 1. The summed E-state index contributed by atoms with van der Waals surface area (Å²) in [5, 5.41) is 3.16. The van der Waals surface area contributed by atoms with Crippen molar-refractivity contribution in [1.82, 2.24) is 5.32 Å². The first-order chi connectivity index (χ1) is 6.74. The molecule has 14 heavy (non-hydrogen) atoms. The van der Waals surface area contributed by atoms with E-state index >= 15 is 0 Å². The Bertz CT molecular complexity index is 251. The van der Waals surface area contributed by atoms with Crippen LogP contribution in [-0.2, 0) is 6.42 Å². The summed E-state index contributed by atoms with van der Waals surface area (Å²) in [6, 6.07) is 2.21. The molecule has 0 aliphatic heterocycles. The molecule has 1 aromatic rings. The van der Waals surface area contributed by atoms with Gasteiger partial charge < -0.3 is 5.32 Å². The van der Waals surface area contributed by atoms with Crippen LogP contribution in [0.3, 0.4) is 0 Å². The Kier molecular flexibility index (Phi) is 5.53. The molecule has 0 fully saturated rings. The van der Waals surface area contributed by atoms with Crippen LogP contribution in [0.4, 0.5) is 0 Å². The number of hydrogen-bond donors (Lipinski definition) is 1. The van der Waals surface area contributed by atoms with E-state index in [2.05, 4.69) is 18.3 Å². The number of unbranched alkanes of at least 4 members (excludes halogenated alkanes) is 2. The number of halogens is 1. The Morgan fingerprint density at radius 3 is 2.71 bits per heavy atom. The summed E-state index contributed by atoms with van der Waals surface area (Å²) in [5.74, 6) is 0. The van der Waals surface area contributed by atoms with Gasteiger partial charge in [0.15, 0.2) is 0 Å². The quantitative estimate of drug-likeness (QED) is 0.738. The lowest BCUT2D eigenvalue weighted by atomic mass is 10.1. The highest BCUT2D eigenvalue weighted by molar-refractivity contribution is 7.16. The largest absolute Gasteiger partial charge is 0.320 e. The number of aryl methyl sites for hydroxylation is 2. The van der Waals surface area contributed by atoms with E-state index in [0.717, 1.165) is 10.9 Å². The molecule has 1 rings (SSSR count). The fourth-order valence-electron chi connectivity index (χ4n) is 1.42. The zero-order chi connectivity index (χ0) is 10.4. The molecule has 80 valence electrons. The highest BCUT2D eigenvalue weighted by Gasteiger charge is 2.02. The van der Waals surface area contributed by atoms with Gasteiger partial charge in [-0.1, -0.05) is 18.0 Å². The van der Waals surface area contributed by atoms with Gasteiger partial charge in [-0.2, -0.15) is 0 Å². The number of nitrogens with one attached hydrogen (secondary N) is 1. The highest BCUT2D eigenvalue weighted by atomic mass is 35.5. The van der Waals surface area contributed by atoms with Gasteiger partial charge in [0.2, 0.25) is 0 Å².